The number of hydrogen-bond donors (Lipinski definition) is 2. The quantitative estimate of drug-likeness (QED) is 0.846. The second-order valence-electron chi connectivity index (χ2n) is 6.83. The molecule has 1 aromatic carbocycles. The minimum atomic E-state index is -0.107. The van der Waals surface area contributed by atoms with Crippen LogP contribution in [0.3, 0.4) is 0 Å². The molecule has 132 valence electrons. The summed E-state index contributed by atoms with van der Waals surface area (Å²) in [5, 5.41) is 6.22. The third-order valence-electron chi connectivity index (χ3n) is 5.18. The standard InChI is InChI=1S/C18H25N3O2.ClH/c1-21(13-16(22)20-12-14-5-3-2-4-6-14)17(23)15-11-18(15)7-9-19-10-8-18;/h2-6,15,19H,7-13H2,1H3,(H,20,22);1H. The van der Waals surface area contributed by atoms with Crippen LogP contribution in [0, 0.1) is 11.3 Å². The van der Waals surface area contributed by atoms with Crippen molar-refractivity contribution in [1.82, 2.24) is 15.5 Å². The van der Waals surface area contributed by atoms with Crippen molar-refractivity contribution < 1.29 is 9.59 Å². The van der Waals surface area contributed by atoms with E-state index in [-0.39, 0.29) is 42.1 Å². The fourth-order valence-electron chi connectivity index (χ4n) is 3.59. The molecular formula is C18H26ClN3O2. The lowest BCUT2D eigenvalue weighted by atomic mass is 9.91. The number of halogens is 1. The van der Waals surface area contributed by atoms with Gasteiger partial charge in [0.15, 0.2) is 0 Å². The SMILES string of the molecule is CN(CC(=O)NCc1ccccc1)C(=O)C1CC12CCNCC2.Cl. The Labute approximate surface area is 149 Å². The lowest BCUT2D eigenvalue weighted by Crippen LogP contribution is -2.40. The highest BCUT2D eigenvalue weighted by atomic mass is 35.5. The molecule has 3 rings (SSSR count). The largest absolute Gasteiger partial charge is 0.350 e. The van der Waals surface area contributed by atoms with Crippen LogP contribution >= 0.6 is 12.4 Å². The fraction of sp³-hybridized carbons (Fsp3) is 0.556. The van der Waals surface area contributed by atoms with Gasteiger partial charge in [-0.25, -0.2) is 0 Å². The van der Waals surface area contributed by atoms with Crippen molar-refractivity contribution in [2.75, 3.05) is 26.7 Å². The first kappa shape index (κ1) is 18.7. The number of hydrogen-bond acceptors (Lipinski definition) is 3. The van der Waals surface area contributed by atoms with Crippen LogP contribution in [-0.4, -0.2) is 43.4 Å². The Bertz CT molecular complexity index is 573. The van der Waals surface area contributed by atoms with E-state index < -0.39 is 0 Å². The molecule has 1 aliphatic heterocycles. The van der Waals surface area contributed by atoms with Gasteiger partial charge in [0.1, 0.15) is 0 Å². The Morgan fingerprint density at radius 2 is 1.92 bits per heavy atom. The molecule has 2 amide bonds. The zero-order chi connectivity index (χ0) is 16.3. The number of carbonyl (C=O) groups excluding carboxylic acids is 2. The molecule has 2 N–H and O–H groups in total. The molecule has 2 fully saturated rings. The van der Waals surface area contributed by atoms with Crippen molar-refractivity contribution in [3.05, 3.63) is 35.9 Å². The van der Waals surface area contributed by atoms with E-state index in [4.69, 9.17) is 0 Å². The summed E-state index contributed by atoms with van der Waals surface area (Å²) in [6.45, 7) is 2.65. The van der Waals surface area contributed by atoms with E-state index in [9.17, 15) is 9.59 Å². The Hall–Kier alpha value is -1.59. The Morgan fingerprint density at radius 3 is 2.58 bits per heavy atom. The minimum Gasteiger partial charge on any atom is -0.350 e. The first-order valence-electron chi connectivity index (χ1n) is 8.37. The van der Waals surface area contributed by atoms with E-state index >= 15 is 0 Å². The maximum atomic E-state index is 12.5. The van der Waals surface area contributed by atoms with Crippen molar-refractivity contribution in [1.29, 1.82) is 0 Å². The first-order chi connectivity index (χ1) is 11.1. The van der Waals surface area contributed by atoms with Crippen LogP contribution < -0.4 is 10.6 Å². The van der Waals surface area contributed by atoms with Gasteiger partial charge in [0.2, 0.25) is 11.8 Å². The summed E-state index contributed by atoms with van der Waals surface area (Å²) in [6.07, 6.45) is 3.15. The van der Waals surface area contributed by atoms with Crippen molar-refractivity contribution in [2.24, 2.45) is 11.3 Å². The highest BCUT2D eigenvalue weighted by molar-refractivity contribution is 5.87. The van der Waals surface area contributed by atoms with Gasteiger partial charge in [-0.3, -0.25) is 9.59 Å². The predicted molar refractivity (Wildman–Crippen MR) is 95.8 cm³/mol. The number of likely N-dealkylation sites (N-methyl/N-ethyl adjacent to an activating group) is 1. The number of rotatable bonds is 5. The normalized spacial score (nSPS) is 20.8. The number of amides is 2. The molecule has 2 aliphatic rings. The van der Waals surface area contributed by atoms with Gasteiger partial charge in [0.05, 0.1) is 6.54 Å². The predicted octanol–water partition coefficient (Wildman–Crippen LogP) is 1.57. The molecule has 0 bridgehead atoms. The van der Waals surface area contributed by atoms with Gasteiger partial charge in [0.25, 0.3) is 0 Å². The lowest BCUT2D eigenvalue weighted by molar-refractivity contribution is -0.136. The summed E-state index contributed by atoms with van der Waals surface area (Å²) >= 11 is 0. The minimum absolute atomic E-state index is 0. The Balaban J connectivity index is 0.00000208. The third kappa shape index (κ3) is 4.28. The smallest absolute Gasteiger partial charge is 0.239 e. The summed E-state index contributed by atoms with van der Waals surface area (Å²) in [4.78, 5) is 26.1. The summed E-state index contributed by atoms with van der Waals surface area (Å²) in [6, 6.07) is 9.79. The molecule has 1 heterocycles. The van der Waals surface area contributed by atoms with Crippen molar-refractivity contribution in [3.8, 4) is 0 Å². The Kier molecular flexibility index (Phi) is 6.24. The monoisotopic (exact) mass is 351 g/mol. The van der Waals surface area contributed by atoms with Gasteiger partial charge in [-0.1, -0.05) is 30.3 Å². The molecule has 6 heteroatoms. The number of carbonyl (C=O) groups is 2. The van der Waals surface area contributed by atoms with E-state index in [2.05, 4.69) is 10.6 Å². The van der Waals surface area contributed by atoms with E-state index in [0.29, 0.717) is 6.54 Å². The molecule has 1 saturated carbocycles. The van der Waals surface area contributed by atoms with E-state index in [1.807, 2.05) is 30.3 Å². The molecule has 5 nitrogen and oxygen atoms in total. The summed E-state index contributed by atoms with van der Waals surface area (Å²) in [7, 11) is 1.73. The average molecular weight is 352 g/mol. The van der Waals surface area contributed by atoms with Gasteiger partial charge >= 0.3 is 0 Å². The highest BCUT2D eigenvalue weighted by Crippen LogP contribution is 2.59. The van der Waals surface area contributed by atoms with Gasteiger partial charge in [-0.2, -0.15) is 0 Å². The molecule has 0 radical (unpaired) electrons. The summed E-state index contributed by atoms with van der Waals surface area (Å²) in [5.41, 5.74) is 1.28. The van der Waals surface area contributed by atoms with Crippen LogP contribution in [0.2, 0.25) is 0 Å². The summed E-state index contributed by atoms with van der Waals surface area (Å²) < 4.78 is 0. The molecule has 24 heavy (non-hydrogen) atoms. The molecule has 1 spiro atoms. The molecule has 1 unspecified atom stereocenters. The molecule has 1 aliphatic carbocycles. The van der Waals surface area contributed by atoms with Crippen molar-refractivity contribution in [3.63, 3.8) is 0 Å². The van der Waals surface area contributed by atoms with Crippen LogP contribution in [0.15, 0.2) is 30.3 Å². The van der Waals surface area contributed by atoms with Gasteiger partial charge in [-0.05, 0) is 43.3 Å². The molecule has 1 atom stereocenters. The van der Waals surface area contributed by atoms with E-state index in [1.54, 1.807) is 11.9 Å². The first-order valence-corrected chi connectivity index (χ1v) is 8.37. The lowest BCUT2D eigenvalue weighted by Gasteiger charge is -2.25. The number of nitrogens with zero attached hydrogens (tertiary/aromatic N) is 1. The summed E-state index contributed by atoms with van der Waals surface area (Å²) in [5.74, 6) is 0.142. The Morgan fingerprint density at radius 1 is 1.25 bits per heavy atom. The second-order valence-corrected chi connectivity index (χ2v) is 6.83. The zero-order valence-corrected chi connectivity index (χ0v) is 14.9. The van der Waals surface area contributed by atoms with Crippen LogP contribution in [0.4, 0.5) is 0 Å². The van der Waals surface area contributed by atoms with Crippen LogP contribution in [0.25, 0.3) is 0 Å². The number of benzene rings is 1. The third-order valence-corrected chi connectivity index (χ3v) is 5.18. The zero-order valence-electron chi connectivity index (χ0n) is 14.1. The van der Waals surface area contributed by atoms with Crippen LogP contribution in [0.5, 0.6) is 0 Å². The van der Waals surface area contributed by atoms with Crippen molar-refractivity contribution >= 4 is 24.2 Å². The highest BCUT2D eigenvalue weighted by Gasteiger charge is 2.58. The molecule has 0 aromatic heterocycles. The maximum absolute atomic E-state index is 12.5. The van der Waals surface area contributed by atoms with E-state index in [0.717, 1.165) is 37.9 Å². The molecule has 1 aromatic rings. The van der Waals surface area contributed by atoms with Crippen molar-refractivity contribution in [2.45, 2.75) is 25.8 Å². The number of piperidine rings is 1. The number of nitrogens with one attached hydrogen (secondary N) is 2. The second kappa shape index (κ2) is 7.99. The van der Waals surface area contributed by atoms with Gasteiger partial charge in [-0.15, -0.1) is 12.4 Å². The topological polar surface area (TPSA) is 61.4 Å². The van der Waals surface area contributed by atoms with Gasteiger partial charge in [0, 0.05) is 19.5 Å². The average Bonchev–Trinajstić information content (AvgIpc) is 3.26. The fourth-order valence-corrected chi connectivity index (χ4v) is 3.59. The van der Waals surface area contributed by atoms with E-state index in [1.165, 1.54) is 0 Å². The van der Waals surface area contributed by atoms with Crippen LogP contribution in [0.1, 0.15) is 24.8 Å². The maximum Gasteiger partial charge on any atom is 0.239 e. The molecular weight excluding hydrogens is 326 g/mol. The molecule has 1 saturated heterocycles. The van der Waals surface area contributed by atoms with Gasteiger partial charge < -0.3 is 15.5 Å². The van der Waals surface area contributed by atoms with Crippen LogP contribution in [-0.2, 0) is 16.1 Å².